The number of carbonyl (C=O) groups excluding carboxylic acids is 2. The van der Waals surface area contributed by atoms with Crippen molar-refractivity contribution in [2.24, 2.45) is 0 Å². The lowest BCUT2D eigenvalue weighted by molar-refractivity contribution is -0.137. The van der Waals surface area contributed by atoms with Crippen LogP contribution in [0.5, 0.6) is 0 Å². The summed E-state index contributed by atoms with van der Waals surface area (Å²) < 4.78 is 48.1. The number of hydrogen-bond donors (Lipinski definition) is 1. The normalized spacial score (nSPS) is 12.6. The molecule has 2 aromatic carbocycles. The summed E-state index contributed by atoms with van der Waals surface area (Å²) in [5.74, 6) is -0.905. The van der Waals surface area contributed by atoms with Crippen LogP contribution in [0.3, 0.4) is 0 Å². The van der Waals surface area contributed by atoms with E-state index in [0.29, 0.717) is 11.3 Å². The molecule has 28 heavy (non-hydrogen) atoms. The molecule has 0 fully saturated rings. The summed E-state index contributed by atoms with van der Waals surface area (Å²) in [6, 6.07) is 12.3. The summed E-state index contributed by atoms with van der Waals surface area (Å²) >= 11 is 0. The molecular weight excluding hydrogens is 375 g/mol. The number of rotatable bonds is 5. The number of alkyl halides is 3. The van der Waals surface area contributed by atoms with Gasteiger partial charge in [-0.15, -0.1) is 0 Å². The highest BCUT2D eigenvalue weighted by Gasteiger charge is 2.30. The second kappa shape index (κ2) is 7.75. The Kier molecular flexibility index (Phi) is 5.39. The van der Waals surface area contributed by atoms with E-state index in [2.05, 4.69) is 5.32 Å². The Morgan fingerprint density at radius 3 is 2.43 bits per heavy atom. The Balaban J connectivity index is 1.54. The smallest absolute Gasteiger partial charge is 0.416 e. The zero-order valence-electron chi connectivity index (χ0n) is 14.7. The molecule has 0 aliphatic rings. The molecule has 0 aliphatic heterocycles. The van der Waals surface area contributed by atoms with Crippen molar-refractivity contribution in [1.29, 1.82) is 0 Å². The maximum atomic E-state index is 12.5. The highest BCUT2D eigenvalue weighted by atomic mass is 19.4. The van der Waals surface area contributed by atoms with Crippen molar-refractivity contribution in [2.45, 2.75) is 19.1 Å². The van der Waals surface area contributed by atoms with Crippen molar-refractivity contribution >= 4 is 22.8 Å². The van der Waals surface area contributed by atoms with Crippen molar-refractivity contribution in [3.8, 4) is 0 Å². The molecule has 0 saturated carbocycles. The van der Waals surface area contributed by atoms with Gasteiger partial charge in [-0.25, -0.2) is 4.79 Å². The average Bonchev–Trinajstić information content (AvgIpc) is 3.10. The van der Waals surface area contributed by atoms with Crippen LogP contribution in [0.15, 0.2) is 59.0 Å². The number of hydrogen-bond acceptors (Lipinski definition) is 4. The fourth-order valence-corrected chi connectivity index (χ4v) is 2.58. The minimum absolute atomic E-state index is 0.0777. The van der Waals surface area contributed by atoms with Gasteiger partial charge in [0, 0.05) is 5.39 Å². The highest BCUT2D eigenvalue weighted by molar-refractivity contribution is 5.91. The Morgan fingerprint density at radius 2 is 1.79 bits per heavy atom. The van der Waals surface area contributed by atoms with E-state index >= 15 is 0 Å². The van der Waals surface area contributed by atoms with Crippen molar-refractivity contribution in [1.82, 2.24) is 5.32 Å². The third kappa shape index (κ3) is 4.51. The monoisotopic (exact) mass is 391 g/mol. The van der Waals surface area contributed by atoms with Crippen LogP contribution < -0.4 is 5.32 Å². The van der Waals surface area contributed by atoms with Gasteiger partial charge in [0.2, 0.25) is 0 Å². The Bertz CT molecular complexity index is 960. The van der Waals surface area contributed by atoms with Crippen LogP contribution in [0.2, 0.25) is 0 Å². The zero-order valence-corrected chi connectivity index (χ0v) is 14.7. The lowest BCUT2D eigenvalue weighted by atomic mass is 10.1. The first-order valence-corrected chi connectivity index (χ1v) is 8.36. The van der Waals surface area contributed by atoms with E-state index in [-0.39, 0.29) is 5.56 Å². The van der Waals surface area contributed by atoms with Crippen LogP contribution in [0.1, 0.15) is 34.6 Å². The molecule has 1 aromatic heterocycles. The molecule has 3 aromatic rings. The molecule has 1 heterocycles. The number of halogens is 3. The number of esters is 1. The van der Waals surface area contributed by atoms with Gasteiger partial charge in [-0.05, 0) is 43.3 Å². The summed E-state index contributed by atoms with van der Waals surface area (Å²) in [6.45, 7) is 1.15. The number of furan rings is 1. The number of benzene rings is 2. The largest absolute Gasteiger partial charge is 0.459 e. The lowest BCUT2D eigenvalue weighted by Gasteiger charge is -2.12. The van der Waals surface area contributed by atoms with Gasteiger partial charge >= 0.3 is 12.1 Å². The number of carbonyl (C=O) groups is 2. The van der Waals surface area contributed by atoms with E-state index in [4.69, 9.17) is 9.15 Å². The number of nitrogens with one attached hydrogen (secondary N) is 1. The van der Waals surface area contributed by atoms with E-state index in [1.807, 2.05) is 18.2 Å². The molecule has 0 aliphatic carbocycles. The van der Waals surface area contributed by atoms with Crippen LogP contribution in [0.25, 0.3) is 11.0 Å². The lowest BCUT2D eigenvalue weighted by Crippen LogP contribution is -2.31. The second-order valence-corrected chi connectivity index (χ2v) is 6.13. The number of para-hydroxylation sites is 1. The molecule has 8 heteroatoms. The topological polar surface area (TPSA) is 68.5 Å². The summed E-state index contributed by atoms with van der Waals surface area (Å²) in [7, 11) is 0. The first kappa shape index (κ1) is 19.5. The van der Waals surface area contributed by atoms with Crippen LogP contribution in [0, 0.1) is 0 Å². The van der Waals surface area contributed by atoms with E-state index in [1.54, 1.807) is 19.1 Å². The Labute approximate surface area is 158 Å². The molecule has 0 unspecified atom stereocenters. The van der Waals surface area contributed by atoms with Crippen LogP contribution in [0.4, 0.5) is 13.2 Å². The van der Waals surface area contributed by atoms with Gasteiger partial charge in [0.05, 0.1) is 17.2 Å². The summed E-state index contributed by atoms with van der Waals surface area (Å²) in [6.07, 6.45) is -4.49. The molecule has 5 nitrogen and oxygen atoms in total. The van der Waals surface area contributed by atoms with Gasteiger partial charge in [-0.1, -0.05) is 18.2 Å². The molecular formula is C20H16F3NO4. The number of ether oxygens (including phenoxy) is 1. The predicted octanol–water partition coefficient (Wildman–Crippen LogP) is 4.49. The standard InChI is InChI=1S/C20H16F3NO4/c1-12(17-10-14-4-2-3-5-16(14)28-17)24-18(25)11-27-19(26)13-6-8-15(9-7-13)20(21,22)23/h2-10,12H,11H2,1H3,(H,24,25)/t12-/m1/s1. The summed E-state index contributed by atoms with van der Waals surface area (Å²) in [4.78, 5) is 23.9. The van der Waals surface area contributed by atoms with E-state index in [0.717, 1.165) is 29.7 Å². The van der Waals surface area contributed by atoms with E-state index < -0.39 is 36.3 Å². The Morgan fingerprint density at radius 1 is 1.11 bits per heavy atom. The Hall–Kier alpha value is -3.29. The van der Waals surface area contributed by atoms with Crippen LogP contribution >= 0.6 is 0 Å². The maximum absolute atomic E-state index is 12.5. The molecule has 0 bridgehead atoms. The summed E-state index contributed by atoms with van der Waals surface area (Å²) in [5.41, 5.74) is -0.264. The fraction of sp³-hybridized carbons (Fsp3) is 0.200. The average molecular weight is 391 g/mol. The molecule has 0 radical (unpaired) electrons. The van der Waals surface area contributed by atoms with Crippen molar-refractivity contribution in [3.63, 3.8) is 0 Å². The quantitative estimate of drug-likeness (QED) is 0.651. The van der Waals surface area contributed by atoms with Crippen LogP contribution in [-0.2, 0) is 15.7 Å². The molecule has 1 amide bonds. The zero-order chi connectivity index (χ0) is 20.3. The molecule has 1 atom stereocenters. The second-order valence-electron chi connectivity index (χ2n) is 6.13. The minimum Gasteiger partial charge on any atom is -0.459 e. The maximum Gasteiger partial charge on any atom is 0.416 e. The van der Waals surface area contributed by atoms with E-state index in [1.165, 1.54) is 0 Å². The van der Waals surface area contributed by atoms with Crippen molar-refractivity contribution in [3.05, 3.63) is 71.5 Å². The molecule has 0 spiro atoms. The van der Waals surface area contributed by atoms with E-state index in [9.17, 15) is 22.8 Å². The third-order valence-corrected chi connectivity index (χ3v) is 4.03. The SMILES string of the molecule is C[C@@H](NC(=O)COC(=O)c1ccc(C(F)(F)F)cc1)c1cc2ccccc2o1. The molecule has 146 valence electrons. The number of amides is 1. The highest BCUT2D eigenvalue weighted by Crippen LogP contribution is 2.29. The first-order chi connectivity index (χ1) is 13.2. The van der Waals surface area contributed by atoms with Gasteiger partial charge in [0.25, 0.3) is 5.91 Å². The summed E-state index contributed by atoms with van der Waals surface area (Å²) in [5, 5.41) is 3.53. The number of fused-ring (bicyclic) bond motifs is 1. The van der Waals surface area contributed by atoms with Gasteiger partial charge in [-0.2, -0.15) is 13.2 Å². The van der Waals surface area contributed by atoms with Gasteiger partial charge in [0.15, 0.2) is 6.61 Å². The van der Waals surface area contributed by atoms with Gasteiger partial charge in [0.1, 0.15) is 11.3 Å². The van der Waals surface area contributed by atoms with Gasteiger partial charge < -0.3 is 14.5 Å². The minimum atomic E-state index is -4.49. The van der Waals surface area contributed by atoms with Crippen LogP contribution in [-0.4, -0.2) is 18.5 Å². The van der Waals surface area contributed by atoms with Crippen molar-refractivity contribution < 1.29 is 31.9 Å². The molecule has 3 rings (SSSR count). The van der Waals surface area contributed by atoms with Gasteiger partial charge in [-0.3, -0.25) is 4.79 Å². The molecule has 1 N–H and O–H groups in total. The fourth-order valence-electron chi connectivity index (χ4n) is 2.58. The van der Waals surface area contributed by atoms with Crippen molar-refractivity contribution in [2.75, 3.05) is 6.61 Å². The first-order valence-electron chi connectivity index (χ1n) is 8.36. The third-order valence-electron chi connectivity index (χ3n) is 4.03. The molecule has 0 saturated heterocycles. The predicted molar refractivity (Wildman–Crippen MR) is 94.5 cm³/mol.